The van der Waals surface area contributed by atoms with Crippen molar-refractivity contribution in [2.75, 3.05) is 6.61 Å². The van der Waals surface area contributed by atoms with E-state index in [0.717, 1.165) is 25.7 Å². The van der Waals surface area contributed by atoms with Crippen molar-refractivity contribution in [3.05, 3.63) is 0 Å². The van der Waals surface area contributed by atoms with Crippen LogP contribution >= 0.6 is 0 Å². The lowest BCUT2D eigenvalue weighted by molar-refractivity contribution is -0.145. The van der Waals surface area contributed by atoms with Crippen LogP contribution in [-0.4, -0.2) is 23.7 Å². The Morgan fingerprint density at radius 2 is 1.74 bits per heavy atom. The van der Waals surface area contributed by atoms with Gasteiger partial charge >= 0.3 is 11.9 Å². The molecule has 0 aromatic rings. The standard InChI is InChI=1S/C15H28O4/c1-3-5-9-13(4-2)12-19-15(18)11-8-6-7-10-14(16)17/h13H,3-12H2,1-2H3,(H,16,17). The summed E-state index contributed by atoms with van der Waals surface area (Å²) in [5.74, 6) is -0.439. The molecule has 1 unspecified atom stereocenters. The van der Waals surface area contributed by atoms with Crippen LogP contribution < -0.4 is 0 Å². The number of carbonyl (C=O) groups is 2. The maximum atomic E-state index is 11.5. The van der Waals surface area contributed by atoms with Gasteiger partial charge in [0.05, 0.1) is 6.61 Å². The van der Waals surface area contributed by atoms with E-state index in [1.54, 1.807) is 0 Å². The smallest absolute Gasteiger partial charge is 0.305 e. The Labute approximate surface area is 116 Å². The van der Waals surface area contributed by atoms with Crippen molar-refractivity contribution in [3.8, 4) is 0 Å². The van der Waals surface area contributed by atoms with Crippen LogP contribution in [0.4, 0.5) is 0 Å². The van der Waals surface area contributed by atoms with E-state index in [1.165, 1.54) is 12.8 Å². The molecular weight excluding hydrogens is 244 g/mol. The molecule has 0 aliphatic heterocycles. The predicted octanol–water partition coefficient (Wildman–Crippen LogP) is 3.78. The first-order valence-electron chi connectivity index (χ1n) is 7.47. The number of hydrogen-bond acceptors (Lipinski definition) is 3. The highest BCUT2D eigenvalue weighted by Gasteiger charge is 2.09. The lowest BCUT2D eigenvalue weighted by Gasteiger charge is -2.14. The average molecular weight is 272 g/mol. The maximum Gasteiger partial charge on any atom is 0.305 e. The second kappa shape index (κ2) is 12.0. The Morgan fingerprint density at radius 3 is 2.32 bits per heavy atom. The zero-order valence-electron chi connectivity index (χ0n) is 12.3. The lowest BCUT2D eigenvalue weighted by atomic mass is 10.0. The molecule has 0 radical (unpaired) electrons. The highest BCUT2D eigenvalue weighted by atomic mass is 16.5. The molecule has 0 saturated heterocycles. The molecule has 0 saturated carbocycles. The molecule has 1 N–H and O–H groups in total. The van der Waals surface area contributed by atoms with Crippen molar-refractivity contribution in [2.45, 2.75) is 71.6 Å². The number of ether oxygens (including phenoxy) is 1. The fourth-order valence-corrected chi connectivity index (χ4v) is 1.90. The first kappa shape index (κ1) is 17.9. The Morgan fingerprint density at radius 1 is 1.05 bits per heavy atom. The van der Waals surface area contributed by atoms with Crippen LogP contribution in [0.2, 0.25) is 0 Å². The van der Waals surface area contributed by atoms with Crippen molar-refractivity contribution < 1.29 is 19.4 Å². The minimum atomic E-state index is -0.774. The van der Waals surface area contributed by atoms with Gasteiger partial charge in [-0.25, -0.2) is 0 Å². The number of esters is 1. The molecule has 112 valence electrons. The van der Waals surface area contributed by atoms with Crippen LogP contribution in [0.15, 0.2) is 0 Å². The first-order chi connectivity index (χ1) is 9.10. The summed E-state index contributed by atoms with van der Waals surface area (Å²) in [6.07, 6.45) is 7.25. The predicted molar refractivity (Wildman–Crippen MR) is 75.0 cm³/mol. The van der Waals surface area contributed by atoms with Gasteiger partial charge in [0.25, 0.3) is 0 Å². The summed E-state index contributed by atoms with van der Waals surface area (Å²) in [4.78, 5) is 21.8. The Bertz CT molecular complexity index is 251. The second-order valence-corrected chi connectivity index (χ2v) is 5.05. The van der Waals surface area contributed by atoms with E-state index < -0.39 is 5.97 Å². The summed E-state index contributed by atoms with van der Waals surface area (Å²) < 4.78 is 5.26. The van der Waals surface area contributed by atoms with E-state index in [0.29, 0.717) is 25.4 Å². The van der Waals surface area contributed by atoms with Gasteiger partial charge in [-0.2, -0.15) is 0 Å². The van der Waals surface area contributed by atoms with Gasteiger partial charge in [-0.15, -0.1) is 0 Å². The number of carboxylic acids is 1. The normalized spacial score (nSPS) is 12.1. The third-order valence-corrected chi connectivity index (χ3v) is 3.29. The fourth-order valence-electron chi connectivity index (χ4n) is 1.90. The van der Waals surface area contributed by atoms with Crippen molar-refractivity contribution in [2.24, 2.45) is 5.92 Å². The maximum absolute atomic E-state index is 11.5. The van der Waals surface area contributed by atoms with E-state index in [4.69, 9.17) is 9.84 Å². The molecule has 19 heavy (non-hydrogen) atoms. The van der Waals surface area contributed by atoms with Gasteiger partial charge in [0.1, 0.15) is 0 Å². The van der Waals surface area contributed by atoms with Crippen LogP contribution in [-0.2, 0) is 14.3 Å². The molecule has 0 fully saturated rings. The monoisotopic (exact) mass is 272 g/mol. The van der Waals surface area contributed by atoms with Crippen LogP contribution in [0.5, 0.6) is 0 Å². The SMILES string of the molecule is CCCCC(CC)COC(=O)CCCCCC(=O)O. The van der Waals surface area contributed by atoms with Crippen molar-refractivity contribution in [1.29, 1.82) is 0 Å². The van der Waals surface area contributed by atoms with E-state index in [2.05, 4.69) is 13.8 Å². The first-order valence-corrected chi connectivity index (χ1v) is 7.47. The molecule has 0 amide bonds. The number of unbranched alkanes of at least 4 members (excludes halogenated alkanes) is 3. The number of rotatable bonds is 12. The fraction of sp³-hybridized carbons (Fsp3) is 0.867. The molecule has 0 aliphatic carbocycles. The van der Waals surface area contributed by atoms with Gasteiger partial charge in [0.15, 0.2) is 0 Å². The highest BCUT2D eigenvalue weighted by molar-refractivity contribution is 5.69. The van der Waals surface area contributed by atoms with Crippen LogP contribution in [0, 0.1) is 5.92 Å². The summed E-state index contributed by atoms with van der Waals surface area (Å²) in [6, 6.07) is 0. The number of hydrogen-bond donors (Lipinski definition) is 1. The molecule has 0 heterocycles. The van der Waals surface area contributed by atoms with Gasteiger partial charge in [0, 0.05) is 12.8 Å². The third-order valence-electron chi connectivity index (χ3n) is 3.29. The minimum absolute atomic E-state index is 0.148. The van der Waals surface area contributed by atoms with Gasteiger partial charge < -0.3 is 9.84 Å². The molecule has 4 nitrogen and oxygen atoms in total. The zero-order valence-corrected chi connectivity index (χ0v) is 12.3. The van der Waals surface area contributed by atoms with Gasteiger partial charge in [-0.3, -0.25) is 9.59 Å². The average Bonchev–Trinajstić information content (AvgIpc) is 2.38. The molecule has 0 spiro atoms. The number of aliphatic carboxylic acids is 1. The highest BCUT2D eigenvalue weighted by Crippen LogP contribution is 2.13. The lowest BCUT2D eigenvalue weighted by Crippen LogP contribution is -2.13. The third kappa shape index (κ3) is 11.7. The largest absolute Gasteiger partial charge is 0.481 e. The topological polar surface area (TPSA) is 63.6 Å². The van der Waals surface area contributed by atoms with Crippen LogP contribution in [0.3, 0.4) is 0 Å². The zero-order chi connectivity index (χ0) is 14.5. The Kier molecular flexibility index (Phi) is 11.3. The summed E-state index contributed by atoms with van der Waals surface area (Å²) in [7, 11) is 0. The van der Waals surface area contributed by atoms with E-state index in [1.807, 2.05) is 0 Å². The Hall–Kier alpha value is -1.06. The molecule has 0 aromatic heterocycles. The van der Waals surface area contributed by atoms with Crippen molar-refractivity contribution >= 4 is 11.9 Å². The van der Waals surface area contributed by atoms with E-state index in [9.17, 15) is 9.59 Å². The van der Waals surface area contributed by atoms with E-state index in [-0.39, 0.29) is 12.4 Å². The molecule has 4 heteroatoms. The Balaban J connectivity index is 3.54. The summed E-state index contributed by atoms with van der Waals surface area (Å²) in [5, 5.41) is 8.47. The van der Waals surface area contributed by atoms with E-state index >= 15 is 0 Å². The van der Waals surface area contributed by atoms with Gasteiger partial charge in [-0.1, -0.05) is 39.5 Å². The number of carboxylic acid groups (broad SMARTS) is 1. The quantitative estimate of drug-likeness (QED) is 0.434. The molecule has 1 atom stereocenters. The molecule has 0 rings (SSSR count). The summed E-state index contributed by atoms with van der Waals surface area (Å²) >= 11 is 0. The molecule has 0 aliphatic rings. The summed E-state index contributed by atoms with van der Waals surface area (Å²) in [5.41, 5.74) is 0. The van der Waals surface area contributed by atoms with Crippen molar-refractivity contribution in [1.82, 2.24) is 0 Å². The van der Waals surface area contributed by atoms with Crippen LogP contribution in [0.25, 0.3) is 0 Å². The molecular formula is C15H28O4. The molecule has 0 aromatic carbocycles. The second-order valence-electron chi connectivity index (χ2n) is 5.05. The van der Waals surface area contributed by atoms with Gasteiger partial charge in [-0.05, 0) is 25.2 Å². The minimum Gasteiger partial charge on any atom is -0.481 e. The van der Waals surface area contributed by atoms with Crippen LogP contribution in [0.1, 0.15) is 71.6 Å². The van der Waals surface area contributed by atoms with Gasteiger partial charge in [0.2, 0.25) is 0 Å². The molecule has 0 bridgehead atoms. The van der Waals surface area contributed by atoms with Crippen molar-refractivity contribution in [3.63, 3.8) is 0 Å². The number of carbonyl (C=O) groups excluding carboxylic acids is 1. The summed E-state index contributed by atoms with van der Waals surface area (Å²) in [6.45, 7) is 4.82.